The zero-order chi connectivity index (χ0) is 14.6. The number of nitrogens with one attached hydrogen (secondary N) is 1. The number of rotatable bonds is 3. The van der Waals surface area contributed by atoms with E-state index >= 15 is 0 Å². The van der Waals surface area contributed by atoms with Gasteiger partial charge in [0.15, 0.2) is 0 Å². The molecule has 4 nitrogen and oxygen atoms in total. The third-order valence-corrected chi connectivity index (χ3v) is 4.29. The molecule has 0 spiro atoms. The summed E-state index contributed by atoms with van der Waals surface area (Å²) in [5.74, 6) is 1.15. The lowest BCUT2D eigenvalue weighted by molar-refractivity contribution is 0.180. The third kappa shape index (κ3) is 3.48. The molecule has 1 aromatic carbocycles. The van der Waals surface area contributed by atoms with Crippen LogP contribution < -0.4 is 15.8 Å². The molecule has 0 radical (unpaired) electrons. The maximum Gasteiger partial charge on any atom is 0.413 e. The fourth-order valence-electron chi connectivity index (χ4n) is 2.50. The molecule has 0 bridgehead atoms. The summed E-state index contributed by atoms with van der Waals surface area (Å²) in [4.78, 5) is 12.4. The first-order valence-electron chi connectivity index (χ1n) is 6.87. The molecule has 0 aromatic heterocycles. The van der Waals surface area contributed by atoms with Crippen molar-refractivity contribution in [2.45, 2.75) is 38.1 Å². The minimum atomic E-state index is -0.603. The molecule has 1 amide bonds. The molecule has 1 aromatic rings. The quantitative estimate of drug-likeness (QED) is 0.841. The fourth-order valence-corrected chi connectivity index (χ4v) is 2.76. The van der Waals surface area contributed by atoms with Crippen LogP contribution in [0.4, 0.5) is 4.79 Å². The molecule has 108 valence electrons. The van der Waals surface area contributed by atoms with Crippen LogP contribution in [0, 0.1) is 5.92 Å². The minimum absolute atomic E-state index is 0.342. The van der Waals surface area contributed by atoms with Gasteiger partial charge in [-0.15, -0.1) is 0 Å². The first kappa shape index (κ1) is 14.8. The van der Waals surface area contributed by atoms with Crippen molar-refractivity contribution in [2.24, 2.45) is 11.7 Å². The molecule has 0 unspecified atom stereocenters. The Morgan fingerprint density at radius 2 is 1.95 bits per heavy atom. The van der Waals surface area contributed by atoms with Crippen molar-refractivity contribution in [1.29, 1.82) is 0 Å². The summed E-state index contributed by atoms with van der Waals surface area (Å²) in [6.07, 6.45) is 3.05. The van der Waals surface area contributed by atoms with Crippen LogP contribution in [0.15, 0.2) is 30.3 Å². The van der Waals surface area contributed by atoms with E-state index in [0.717, 1.165) is 25.7 Å². The first-order chi connectivity index (χ1) is 9.52. The summed E-state index contributed by atoms with van der Waals surface area (Å²) in [5, 5.41) is 2.87. The first-order valence-corrected chi connectivity index (χ1v) is 7.28. The summed E-state index contributed by atoms with van der Waals surface area (Å²) in [5.41, 5.74) is 5.25. The fraction of sp³-hybridized carbons (Fsp3) is 0.467. The van der Waals surface area contributed by atoms with Crippen LogP contribution in [0.5, 0.6) is 5.75 Å². The SMILES string of the molecule is CC1CCC(NC(=O)Oc2ccccc2)(C(N)=S)CC1. The zero-order valence-corrected chi connectivity index (χ0v) is 12.4. The standard InChI is InChI=1S/C15H20N2O2S/c1-11-7-9-15(10-8-11,13(16)20)17-14(18)19-12-5-3-2-4-6-12/h2-6,11H,7-10H2,1H3,(H2,16,20)(H,17,18). The lowest BCUT2D eigenvalue weighted by Gasteiger charge is -2.38. The van der Waals surface area contributed by atoms with Crippen molar-refractivity contribution < 1.29 is 9.53 Å². The third-order valence-electron chi connectivity index (χ3n) is 3.89. The topological polar surface area (TPSA) is 64.3 Å². The summed E-state index contributed by atoms with van der Waals surface area (Å²) >= 11 is 5.16. The van der Waals surface area contributed by atoms with Gasteiger partial charge in [-0.05, 0) is 43.7 Å². The number of thiocarbonyl (C=S) groups is 1. The second-order valence-corrected chi connectivity index (χ2v) is 5.90. The Balaban J connectivity index is 2.02. The molecule has 0 heterocycles. The number of para-hydroxylation sites is 1. The van der Waals surface area contributed by atoms with Gasteiger partial charge < -0.3 is 15.8 Å². The van der Waals surface area contributed by atoms with Gasteiger partial charge in [0, 0.05) is 0 Å². The van der Waals surface area contributed by atoms with Crippen molar-refractivity contribution in [3.63, 3.8) is 0 Å². The maximum atomic E-state index is 12.0. The van der Waals surface area contributed by atoms with Crippen molar-refractivity contribution >= 4 is 23.3 Å². The number of benzene rings is 1. The van der Waals surface area contributed by atoms with Crippen LogP contribution in [-0.4, -0.2) is 16.6 Å². The summed E-state index contributed by atoms with van der Waals surface area (Å²) in [6, 6.07) is 8.96. The molecular formula is C15H20N2O2S. The highest BCUT2D eigenvalue weighted by molar-refractivity contribution is 7.80. The highest BCUT2D eigenvalue weighted by atomic mass is 32.1. The van der Waals surface area contributed by atoms with Gasteiger partial charge in [-0.25, -0.2) is 4.79 Å². The van der Waals surface area contributed by atoms with Crippen molar-refractivity contribution in [3.8, 4) is 5.75 Å². The molecule has 1 aliphatic carbocycles. The smallest absolute Gasteiger partial charge is 0.410 e. The predicted octanol–water partition coefficient (Wildman–Crippen LogP) is 3.01. The Labute approximate surface area is 124 Å². The average molecular weight is 292 g/mol. The summed E-state index contributed by atoms with van der Waals surface area (Å²) in [7, 11) is 0. The number of amides is 1. The number of carbonyl (C=O) groups excluding carboxylic acids is 1. The summed E-state index contributed by atoms with van der Waals surface area (Å²) < 4.78 is 5.25. The number of ether oxygens (including phenoxy) is 1. The summed E-state index contributed by atoms with van der Waals surface area (Å²) in [6.45, 7) is 2.20. The normalized spacial score (nSPS) is 25.8. The number of hydrogen-bond acceptors (Lipinski definition) is 3. The lowest BCUT2D eigenvalue weighted by atomic mass is 9.77. The van der Waals surface area contributed by atoms with Crippen LogP contribution in [0.25, 0.3) is 0 Å². The van der Waals surface area contributed by atoms with Crippen LogP contribution >= 0.6 is 12.2 Å². The predicted molar refractivity (Wildman–Crippen MR) is 82.8 cm³/mol. The van der Waals surface area contributed by atoms with Gasteiger partial charge in [-0.2, -0.15) is 0 Å². The molecule has 1 aliphatic rings. The highest BCUT2D eigenvalue weighted by Gasteiger charge is 2.38. The van der Waals surface area contributed by atoms with E-state index in [1.54, 1.807) is 12.1 Å². The van der Waals surface area contributed by atoms with Gasteiger partial charge in [0.2, 0.25) is 0 Å². The van der Waals surface area contributed by atoms with Crippen molar-refractivity contribution in [2.75, 3.05) is 0 Å². The lowest BCUT2D eigenvalue weighted by Crippen LogP contribution is -2.58. The molecule has 3 N–H and O–H groups in total. The van der Waals surface area contributed by atoms with Crippen LogP contribution in [-0.2, 0) is 0 Å². The van der Waals surface area contributed by atoms with Gasteiger partial charge in [-0.3, -0.25) is 0 Å². The van der Waals surface area contributed by atoms with Gasteiger partial charge in [-0.1, -0.05) is 37.3 Å². The monoisotopic (exact) mass is 292 g/mol. The van der Waals surface area contributed by atoms with Crippen molar-refractivity contribution in [1.82, 2.24) is 5.32 Å². The Hall–Kier alpha value is -1.62. The van der Waals surface area contributed by atoms with Crippen LogP contribution in [0.1, 0.15) is 32.6 Å². The van der Waals surface area contributed by atoms with Gasteiger partial charge in [0.05, 0.1) is 10.5 Å². The van der Waals surface area contributed by atoms with E-state index in [1.165, 1.54) is 0 Å². The van der Waals surface area contributed by atoms with E-state index in [0.29, 0.717) is 16.7 Å². The molecule has 1 fully saturated rings. The van der Waals surface area contributed by atoms with Gasteiger partial charge >= 0.3 is 6.09 Å². The average Bonchev–Trinajstić information content (AvgIpc) is 2.42. The van der Waals surface area contributed by atoms with E-state index < -0.39 is 11.6 Å². The van der Waals surface area contributed by atoms with E-state index in [-0.39, 0.29) is 0 Å². The Morgan fingerprint density at radius 1 is 1.35 bits per heavy atom. The molecule has 0 aliphatic heterocycles. The molecule has 2 rings (SSSR count). The molecular weight excluding hydrogens is 272 g/mol. The van der Waals surface area contributed by atoms with Gasteiger partial charge in [0.1, 0.15) is 5.75 Å². The highest BCUT2D eigenvalue weighted by Crippen LogP contribution is 2.32. The Kier molecular flexibility index (Phi) is 4.60. The van der Waals surface area contributed by atoms with E-state index in [9.17, 15) is 4.79 Å². The number of nitrogens with two attached hydrogens (primary N) is 1. The number of carbonyl (C=O) groups is 1. The van der Waals surface area contributed by atoms with Crippen molar-refractivity contribution in [3.05, 3.63) is 30.3 Å². The van der Waals surface area contributed by atoms with Crippen LogP contribution in [0.2, 0.25) is 0 Å². The van der Waals surface area contributed by atoms with E-state index in [1.807, 2.05) is 18.2 Å². The Bertz CT molecular complexity index is 482. The van der Waals surface area contributed by atoms with E-state index in [4.69, 9.17) is 22.7 Å². The number of hydrogen-bond donors (Lipinski definition) is 2. The largest absolute Gasteiger partial charge is 0.413 e. The molecule has 0 saturated heterocycles. The molecule has 20 heavy (non-hydrogen) atoms. The second-order valence-electron chi connectivity index (χ2n) is 5.46. The second kappa shape index (κ2) is 6.22. The van der Waals surface area contributed by atoms with E-state index in [2.05, 4.69) is 12.2 Å². The maximum absolute atomic E-state index is 12.0. The van der Waals surface area contributed by atoms with Crippen LogP contribution in [0.3, 0.4) is 0 Å². The van der Waals surface area contributed by atoms with Gasteiger partial charge in [0.25, 0.3) is 0 Å². The molecule has 1 saturated carbocycles. The Morgan fingerprint density at radius 3 is 2.50 bits per heavy atom. The zero-order valence-electron chi connectivity index (χ0n) is 11.6. The molecule has 0 atom stereocenters. The minimum Gasteiger partial charge on any atom is -0.410 e. The molecule has 5 heteroatoms.